The Hall–Kier alpha value is -1.53. The normalized spacial score (nSPS) is 11.7. The fourth-order valence-corrected chi connectivity index (χ4v) is 3.05. The molecule has 3 rings (SSSR count). The van der Waals surface area contributed by atoms with Crippen LogP contribution in [0.5, 0.6) is 0 Å². The number of hydrogen-bond donors (Lipinski definition) is 0. The topological polar surface area (TPSA) is 56.7 Å². The first-order valence-electron chi connectivity index (χ1n) is 6.61. The fraction of sp³-hybridized carbons (Fsp3) is 0.357. The summed E-state index contributed by atoms with van der Waals surface area (Å²) in [6, 6.07) is 5.43. The number of benzene rings is 1. The smallest absolute Gasteiger partial charge is 0.257 e. The zero-order valence-corrected chi connectivity index (χ0v) is 13.6. The Bertz CT molecular complexity index is 780. The molecule has 110 valence electrons. The van der Waals surface area contributed by atoms with Crippen molar-refractivity contribution in [1.29, 1.82) is 0 Å². The molecule has 0 bridgehead atoms. The van der Waals surface area contributed by atoms with Crippen LogP contribution in [0.1, 0.15) is 31.4 Å². The Morgan fingerprint density at radius 2 is 2.14 bits per heavy atom. The first kappa shape index (κ1) is 14.4. The van der Waals surface area contributed by atoms with Crippen LogP contribution in [0.15, 0.2) is 27.8 Å². The van der Waals surface area contributed by atoms with Crippen molar-refractivity contribution in [3.63, 3.8) is 0 Å². The third-order valence-electron chi connectivity index (χ3n) is 3.17. The van der Waals surface area contributed by atoms with Crippen molar-refractivity contribution < 1.29 is 4.42 Å². The highest BCUT2D eigenvalue weighted by Crippen LogP contribution is 2.27. The van der Waals surface area contributed by atoms with E-state index in [4.69, 9.17) is 16.0 Å². The minimum absolute atomic E-state index is 0.354. The highest BCUT2D eigenvalue weighted by Gasteiger charge is 2.13. The predicted octanol–water partition coefficient (Wildman–Crippen LogP) is 4.03. The molecular weight excluding hydrogens is 308 g/mol. The average molecular weight is 323 g/mol. The molecule has 0 N–H and O–H groups in total. The second kappa shape index (κ2) is 5.69. The van der Waals surface area contributed by atoms with Gasteiger partial charge in [-0.3, -0.25) is 0 Å². The maximum atomic E-state index is 5.94. The molecule has 0 unspecified atom stereocenters. The fourth-order valence-electron chi connectivity index (χ4n) is 2.07. The van der Waals surface area contributed by atoms with Crippen LogP contribution in [-0.4, -0.2) is 19.7 Å². The van der Waals surface area contributed by atoms with Crippen LogP contribution in [0.25, 0.3) is 11.1 Å². The molecule has 1 aromatic carbocycles. The molecule has 7 heteroatoms. The van der Waals surface area contributed by atoms with Gasteiger partial charge >= 0.3 is 0 Å². The van der Waals surface area contributed by atoms with E-state index in [1.807, 2.05) is 17.7 Å². The van der Waals surface area contributed by atoms with Gasteiger partial charge in [0.2, 0.25) is 0 Å². The summed E-state index contributed by atoms with van der Waals surface area (Å²) in [6.07, 6.45) is 0. The Kier molecular flexibility index (Phi) is 3.91. The van der Waals surface area contributed by atoms with Gasteiger partial charge in [-0.25, -0.2) is 4.98 Å². The predicted molar refractivity (Wildman–Crippen MR) is 83.7 cm³/mol. The summed E-state index contributed by atoms with van der Waals surface area (Å²) in [7, 11) is 1.98. The molecule has 0 aliphatic rings. The van der Waals surface area contributed by atoms with Crippen LogP contribution < -0.4 is 0 Å². The molecule has 3 aromatic rings. The van der Waals surface area contributed by atoms with Crippen molar-refractivity contribution in [1.82, 2.24) is 19.7 Å². The number of fused-ring (bicyclic) bond motifs is 1. The quantitative estimate of drug-likeness (QED) is 0.679. The van der Waals surface area contributed by atoms with Gasteiger partial charge in [0.25, 0.3) is 5.22 Å². The van der Waals surface area contributed by atoms with Crippen molar-refractivity contribution in [3.8, 4) is 0 Å². The molecule has 2 heterocycles. The van der Waals surface area contributed by atoms with Crippen LogP contribution in [-0.2, 0) is 12.8 Å². The highest BCUT2D eigenvalue weighted by atomic mass is 35.5. The Morgan fingerprint density at radius 3 is 2.86 bits per heavy atom. The molecule has 21 heavy (non-hydrogen) atoms. The van der Waals surface area contributed by atoms with Crippen LogP contribution in [0.3, 0.4) is 0 Å². The molecule has 2 aromatic heterocycles. The molecule has 0 saturated heterocycles. The van der Waals surface area contributed by atoms with Crippen LogP contribution >= 0.6 is 23.4 Å². The van der Waals surface area contributed by atoms with E-state index in [1.54, 1.807) is 12.1 Å². The van der Waals surface area contributed by atoms with E-state index in [0.29, 0.717) is 27.5 Å². The molecule has 0 radical (unpaired) electrons. The monoisotopic (exact) mass is 322 g/mol. The third-order valence-corrected chi connectivity index (χ3v) is 4.23. The molecular formula is C14H15ClN4OS. The number of rotatable bonds is 4. The Balaban J connectivity index is 1.77. The van der Waals surface area contributed by atoms with E-state index in [0.717, 1.165) is 17.2 Å². The second-order valence-electron chi connectivity index (χ2n) is 5.07. The van der Waals surface area contributed by atoms with Gasteiger partial charge in [-0.15, -0.1) is 10.2 Å². The molecule has 0 fully saturated rings. The lowest BCUT2D eigenvalue weighted by atomic mass is 10.2. The van der Waals surface area contributed by atoms with Gasteiger partial charge in [-0.05, 0) is 12.1 Å². The lowest BCUT2D eigenvalue weighted by Crippen LogP contribution is -2.02. The third kappa shape index (κ3) is 2.91. The molecule has 5 nitrogen and oxygen atoms in total. The zero-order valence-electron chi connectivity index (χ0n) is 12.0. The van der Waals surface area contributed by atoms with Crippen LogP contribution in [0.2, 0.25) is 5.02 Å². The van der Waals surface area contributed by atoms with Gasteiger partial charge in [-0.2, -0.15) is 0 Å². The minimum atomic E-state index is 0.354. The molecule has 0 saturated carbocycles. The lowest BCUT2D eigenvalue weighted by Gasteiger charge is -2.04. The lowest BCUT2D eigenvalue weighted by molar-refractivity contribution is 0.489. The summed E-state index contributed by atoms with van der Waals surface area (Å²) in [6.45, 7) is 4.21. The molecule has 0 atom stereocenters. The summed E-state index contributed by atoms with van der Waals surface area (Å²) in [4.78, 5) is 4.42. The van der Waals surface area contributed by atoms with Gasteiger partial charge < -0.3 is 8.98 Å². The summed E-state index contributed by atoms with van der Waals surface area (Å²) in [5.74, 6) is 2.91. The number of halogens is 1. The average Bonchev–Trinajstić information content (AvgIpc) is 2.99. The van der Waals surface area contributed by atoms with E-state index in [9.17, 15) is 0 Å². The summed E-state index contributed by atoms with van der Waals surface area (Å²) in [5.41, 5.74) is 1.51. The summed E-state index contributed by atoms with van der Waals surface area (Å²) >= 11 is 7.44. The minimum Gasteiger partial charge on any atom is -0.431 e. The summed E-state index contributed by atoms with van der Waals surface area (Å²) < 4.78 is 7.70. The van der Waals surface area contributed by atoms with Gasteiger partial charge in [-0.1, -0.05) is 37.2 Å². The van der Waals surface area contributed by atoms with E-state index in [1.165, 1.54) is 11.8 Å². The molecule has 0 aliphatic heterocycles. The highest BCUT2D eigenvalue weighted by molar-refractivity contribution is 7.98. The Labute approximate surface area is 131 Å². The molecule has 0 amide bonds. The SMILES string of the molecule is CC(C)c1nnc(CSc2nc3ccc(Cl)cc3o2)n1C. The van der Waals surface area contributed by atoms with E-state index < -0.39 is 0 Å². The summed E-state index contributed by atoms with van der Waals surface area (Å²) in [5, 5.41) is 9.69. The number of hydrogen-bond acceptors (Lipinski definition) is 5. The van der Waals surface area contributed by atoms with Crippen LogP contribution in [0, 0.1) is 0 Å². The van der Waals surface area contributed by atoms with Gasteiger partial charge in [0, 0.05) is 24.1 Å². The van der Waals surface area contributed by atoms with Crippen molar-refractivity contribution in [2.75, 3.05) is 0 Å². The standard InChI is InChI=1S/C14H15ClN4OS/c1-8(2)13-18-17-12(19(13)3)7-21-14-16-10-5-4-9(15)6-11(10)20-14/h4-6,8H,7H2,1-3H3. The largest absolute Gasteiger partial charge is 0.431 e. The molecule has 0 spiro atoms. The number of oxazole rings is 1. The van der Waals surface area contributed by atoms with Gasteiger partial charge in [0.05, 0.1) is 5.75 Å². The van der Waals surface area contributed by atoms with Crippen LogP contribution in [0.4, 0.5) is 0 Å². The number of thioether (sulfide) groups is 1. The van der Waals surface area contributed by atoms with E-state index >= 15 is 0 Å². The molecule has 0 aliphatic carbocycles. The second-order valence-corrected chi connectivity index (χ2v) is 6.43. The first-order valence-corrected chi connectivity index (χ1v) is 7.98. The van der Waals surface area contributed by atoms with Crippen molar-refractivity contribution >= 4 is 34.5 Å². The van der Waals surface area contributed by atoms with Gasteiger partial charge in [0.15, 0.2) is 5.58 Å². The maximum Gasteiger partial charge on any atom is 0.257 e. The Morgan fingerprint density at radius 1 is 1.33 bits per heavy atom. The maximum absolute atomic E-state index is 5.94. The van der Waals surface area contributed by atoms with Crippen molar-refractivity contribution in [2.45, 2.75) is 30.7 Å². The zero-order chi connectivity index (χ0) is 15.0. The van der Waals surface area contributed by atoms with E-state index in [2.05, 4.69) is 29.0 Å². The van der Waals surface area contributed by atoms with Gasteiger partial charge in [0.1, 0.15) is 17.2 Å². The first-order chi connectivity index (χ1) is 10.0. The van der Waals surface area contributed by atoms with E-state index in [-0.39, 0.29) is 0 Å². The van der Waals surface area contributed by atoms with Crippen molar-refractivity contribution in [3.05, 3.63) is 34.9 Å². The number of aromatic nitrogens is 4. The number of nitrogens with zero attached hydrogens (tertiary/aromatic N) is 4. The van der Waals surface area contributed by atoms with Crippen molar-refractivity contribution in [2.24, 2.45) is 7.05 Å².